The molecule has 0 aliphatic heterocycles. The number of benzene rings is 2. The van der Waals surface area contributed by atoms with Gasteiger partial charge in [-0.15, -0.1) is 0 Å². The van der Waals surface area contributed by atoms with Crippen molar-refractivity contribution in [2.45, 2.75) is 32.6 Å². The molecule has 142 valence electrons. The van der Waals surface area contributed by atoms with E-state index < -0.39 is 11.9 Å². The number of anilines is 1. The van der Waals surface area contributed by atoms with Crippen molar-refractivity contribution in [2.75, 3.05) is 11.9 Å². The summed E-state index contributed by atoms with van der Waals surface area (Å²) in [5.41, 5.74) is 1.02. The number of amides is 1. The smallest absolute Gasteiger partial charge is 0.338 e. The van der Waals surface area contributed by atoms with Crippen LogP contribution in [0.15, 0.2) is 48.5 Å². The minimum Gasteiger partial charge on any atom is -0.462 e. The largest absolute Gasteiger partial charge is 0.462 e. The molecule has 0 aliphatic carbocycles. The number of Topliss-reactive ketones (excluding diaryl/α,β-unsaturated/α-hetero) is 1. The molecule has 1 amide bonds. The molecule has 27 heavy (non-hydrogen) atoms. The lowest BCUT2D eigenvalue weighted by molar-refractivity contribution is -0.115. The lowest BCUT2D eigenvalue weighted by Crippen LogP contribution is -2.17. The van der Waals surface area contributed by atoms with Crippen molar-refractivity contribution < 1.29 is 19.1 Å². The normalized spacial score (nSPS) is 10.3. The number of halogens is 1. The van der Waals surface area contributed by atoms with Gasteiger partial charge in [0.1, 0.15) is 0 Å². The second kappa shape index (κ2) is 10.5. The van der Waals surface area contributed by atoms with Crippen LogP contribution >= 0.6 is 11.6 Å². The van der Waals surface area contributed by atoms with E-state index in [9.17, 15) is 14.4 Å². The summed E-state index contributed by atoms with van der Waals surface area (Å²) in [6.45, 7) is 2.42. The fraction of sp³-hybridized carbons (Fsp3) is 0.286. The van der Waals surface area contributed by atoms with Gasteiger partial charge in [-0.2, -0.15) is 0 Å². The van der Waals surface area contributed by atoms with Gasteiger partial charge in [-0.05, 0) is 24.6 Å². The van der Waals surface area contributed by atoms with Crippen molar-refractivity contribution >= 4 is 34.9 Å². The van der Waals surface area contributed by atoms with Crippen LogP contribution in [0.5, 0.6) is 0 Å². The highest BCUT2D eigenvalue weighted by atomic mass is 35.5. The molecule has 0 fully saturated rings. The summed E-state index contributed by atoms with van der Waals surface area (Å²) in [5, 5.41) is 2.86. The number of nitrogens with one attached hydrogen (secondary N) is 1. The van der Waals surface area contributed by atoms with Crippen LogP contribution in [0.3, 0.4) is 0 Å². The average molecular weight is 388 g/mol. The van der Waals surface area contributed by atoms with Crippen molar-refractivity contribution in [3.63, 3.8) is 0 Å². The van der Waals surface area contributed by atoms with Crippen LogP contribution in [0.2, 0.25) is 5.02 Å². The predicted molar refractivity (Wildman–Crippen MR) is 105 cm³/mol. The average Bonchev–Trinajstić information content (AvgIpc) is 2.67. The predicted octanol–water partition coefficient (Wildman–Crippen LogP) is 4.90. The van der Waals surface area contributed by atoms with Crippen LogP contribution in [0, 0.1) is 0 Å². The Bertz CT molecular complexity index is 805. The zero-order chi connectivity index (χ0) is 19.6. The number of rotatable bonds is 9. The van der Waals surface area contributed by atoms with Gasteiger partial charge in [0.05, 0.1) is 29.3 Å². The second-order valence-corrected chi connectivity index (χ2v) is 6.46. The van der Waals surface area contributed by atoms with Gasteiger partial charge >= 0.3 is 5.97 Å². The van der Waals surface area contributed by atoms with Gasteiger partial charge in [0, 0.05) is 5.56 Å². The SMILES string of the molecule is CCCCCOC(=O)c1ccc(Cl)c(NC(=O)CC(=O)c2ccccc2)c1. The fourth-order valence-corrected chi connectivity index (χ4v) is 2.58. The maximum atomic E-state index is 12.2. The lowest BCUT2D eigenvalue weighted by Gasteiger charge is -2.10. The molecule has 2 rings (SSSR count). The molecular weight excluding hydrogens is 366 g/mol. The van der Waals surface area contributed by atoms with Gasteiger partial charge in [-0.25, -0.2) is 4.79 Å². The third-order valence-electron chi connectivity index (χ3n) is 3.87. The summed E-state index contributed by atoms with van der Waals surface area (Å²) in [4.78, 5) is 36.4. The number of unbranched alkanes of at least 4 members (excludes halogenated alkanes) is 2. The molecule has 0 bridgehead atoms. The Morgan fingerprint density at radius 1 is 1.00 bits per heavy atom. The van der Waals surface area contributed by atoms with E-state index in [0.717, 1.165) is 19.3 Å². The Hall–Kier alpha value is -2.66. The quantitative estimate of drug-likeness (QED) is 0.287. The molecule has 0 spiro atoms. The number of hydrogen-bond acceptors (Lipinski definition) is 4. The highest BCUT2D eigenvalue weighted by Crippen LogP contribution is 2.24. The summed E-state index contributed by atoms with van der Waals surface area (Å²) in [6, 6.07) is 13.1. The number of carbonyl (C=O) groups excluding carboxylic acids is 3. The minimum atomic E-state index is -0.501. The molecular formula is C21H22ClNO4. The van der Waals surface area contributed by atoms with E-state index in [1.54, 1.807) is 30.3 Å². The maximum Gasteiger partial charge on any atom is 0.338 e. The first-order valence-electron chi connectivity index (χ1n) is 8.86. The molecule has 0 atom stereocenters. The number of ether oxygens (including phenoxy) is 1. The number of esters is 1. The first-order chi connectivity index (χ1) is 13.0. The maximum absolute atomic E-state index is 12.2. The molecule has 1 N–H and O–H groups in total. The highest BCUT2D eigenvalue weighted by Gasteiger charge is 2.15. The van der Waals surface area contributed by atoms with Crippen molar-refractivity contribution in [1.82, 2.24) is 0 Å². The Balaban J connectivity index is 1.98. The molecule has 0 saturated carbocycles. The summed E-state index contributed by atoms with van der Waals surface area (Å²) >= 11 is 6.09. The molecule has 0 unspecified atom stereocenters. The fourth-order valence-electron chi connectivity index (χ4n) is 2.41. The first kappa shape index (κ1) is 20.6. The van der Waals surface area contributed by atoms with Gasteiger partial charge in [-0.3, -0.25) is 9.59 Å². The molecule has 0 saturated heterocycles. The molecule has 2 aromatic rings. The molecule has 0 aromatic heterocycles. The van der Waals surface area contributed by atoms with Crippen LogP contribution in [0.25, 0.3) is 0 Å². The highest BCUT2D eigenvalue weighted by molar-refractivity contribution is 6.34. The summed E-state index contributed by atoms with van der Waals surface area (Å²) in [5.74, 6) is -1.27. The summed E-state index contributed by atoms with van der Waals surface area (Å²) in [7, 11) is 0. The summed E-state index contributed by atoms with van der Waals surface area (Å²) < 4.78 is 5.20. The number of hydrogen-bond donors (Lipinski definition) is 1. The van der Waals surface area contributed by atoms with Crippen LogP contribution in [-0.2, 0) is 9.53 Å². The third kappa shape index (κ3) is 6.53. The van der Waals surface area contributed by atoms with Crippen molar-refractivity contribution in [3.05, 3.63) is 64.7 Å². The Morgan fingerprint density at radius 3 is 2.44 bits per heavy atom. The third-order valence-corrected chi connectivity index (χ3v) is 4.20. The first-order valence-corrected chi connectivity index (χ1v) is 9.24. The van der Waals surface area contributed by atoms with Gasteiger partial charge < -0.3 is 10.1 Å². The zero-order valence-corrected chi connectivity index (χ0v) is 15.9. The molecule has 2 aromatic carbocycles. The van der Waals surface area contributed by atoms with Crippen molar-refractivity contribution in [2.24, 2.45) is 0 Å². The van der Waals surface area contributed by atoms with Gasteiger partial charge in [-0.1, -0.05) is 61.7 Å². The molecule has 5 nitrogen and oxygen atoms in total. The van der Waals surface area contributed by atoms with Crippen molar-refractivity contribution in [1.29, 1.82) is 0 Å². The Labute approximate surface area is 163 Å². The monoisotopic (exact) mass is 387 g/mol. The van der Waals surface area contributed by atoms with Crippen LogP contribution < -0.4 is 5.32 Å². The Morgan fingerprint density at radius 2 is 1.74 bits per heavy atom. The van der Waals surface area contributed by atoms with Gasteiger partial charge in [0.2, 0.25) is 5.91 Å². The van der Waals surface area contributed by atoms with E-state index in [1.807, 2.05) is 0 Å². The standard InChI is InChI=1S/C21H22ClNO4/c1-2-3-7-12-27-21(26)16-10-11-17(22)18(13-16)23-20(25)14-19(24)15-8-5-4-6-9-15/h4-6,8-11,13H,2-3,7,12,14H2,1H3,(H,23,25). The van der Waals surface area contributed by atoms with Gasteiger partial charge in [0.15, 0.2) is 5.78 Å². The number of carbonyl (C=O) groups is 3. The lowest BCUT2D eigenvalue weighted by atomic mass is 10.1. The Kier molecular flexibility index (Phi) is 8.01. The zero-order valence-electron chi connectivity index (χ0n) is 15.2. The molecule has 0 aliphatic rings. The molecule has 0 radical (unpaired) electrons. The summed E-state index contributed by atoms with van der Waals surface area (Å²) in [6.07, 6.45) is 2.52. The topological polar surface area (TPSA) is 72.5 Å². The van der Waals surface area contributed by atoms with Crippen molar-refractivity contribution in [3.8, 4) is 0 Å². The van der Waals surface area contributed by atoms with E-state index in [-0.39, 0.29) is 22.9 Å². The van der Waals surface area contributed by atoms with Crippen LogP contribution in [0.4, 0.5) is 5.69 Å². The molecule has 6 heteroatoms. The van der Waals surface area contributed by atoms with E-state index >= 15 is 0 Å². The minimum absolute atomic E-state index is 0.269. The van der Waals surface area contributed by atoms with Crippen LogP contribution in [0.1, 0.15) is 53.3 Å². The van der Waals surface area contributed by atoms with E-state index in [1.165, 1.54) is 18.2 Å². The second-order valence-electron chi connectivity index (χ2n) is 6.05. The van der Waals surface area contributed by atoms with E-state index in [4.69, 9.17) is 16.3 Å². The van der Waals surface area contributed by atoms with Crippen LogP contribution in [-0.4, -0.2) is 24.3 Å². The number of ketones is 1. The van der Waals surface area contributed by atoms with E-state index in [2.05, 4.69) is 12.2 Å². The van der Waals surface area contributed by atoms with E-state index in [0.29, 0.717) is 17.7 Å². The molecule has 0 heterocycles. The van der Waals surface area contributed by atoms with Gasteiger partial charge in [0.25, 0.3) is 0 Å².